The van der Waals surface area contributed by atoms with E-state index in [1.54, 1.807) is 24.8 Å². The third-order valence-electron chi connectivity index (χ3n) is 3.13. The van der Waals surface area contributed by atoms with Crippen LogP contribution in [0, 0.1) is 6.92 Å². The first-order chi connectivity index (χ1) is 11.2. The minimum absolute atomic E-state index is 0.0898. The van der Waals surface area contributed by atoms with E-state index in [1.165, 1.54) is 19.5 Å². The molecule has 0 spiro atoms. The number of pyridine rings is 1. The maximum atomic E-state index is 12.1. The molecule has 0 aromatic carbocycles. The number of carbonyl (C=O) groups excluding carboxylic acids is 1. The van der Waals surface area contributed by atoms with Crippen LogP contribution in [0.4, 0.5) is 0 Å². The Hall–Kier alpha value is -3.22. The van der Waals surface area contributed by atoms with Crippen molar-refractivity contribution in [1.29, 1.82) is 0 Å². The van der Waals surface area contributed by atoms with Crippen molar-refractivity contribution in [1.82, 2.24) is 24.9 Å². The molecule has 3 aromatic rings. The number of methoxy groups -OCH3 is 1. The zero-order valence-electron chi connectivity index (χ0n) is 12.6. The topological polar surface area (TPSA) is 90.8 Å². The summed E-state index contributed by atoms with van der Waals surface area (Å²) in [6.45, 7) is 1.93. The zero-order valence-corrected chi connectivity index (χ0v) is 12.6. The third kappa shape index (κ3) is 3.03. The van der Waals surface area contributed by atoms with Crippen LogP contribution < -0.4 is 0 Å². The van der Waals surface area contributed by atoms with Gasteiger partial charge in [-0.1, -0.05) is 0 Å². The van der Waals surface area contributed by atoms with Crippen molar-refractivity contribution in [3.63, 3.8) is 0 Å². The molecule has 0 saturated carbocycles. The van der Waals surface area contributed by atoms with Gasteiger partial charge in [-0.05, 0) is 18.6 Å². The summed E-state index contributed by atoms with van der Waals surface area (Å²) in [6, 6.07) is 1.92. The highest BCUT2D eigenvalue weighted by Crippen LogP contribution is 2.22. The number of carbonyl (C=O) groups is 1. The van der Waals surface area contributed by atoms with E-state index in [0.29, 0.717) is 17.1 Å². The van der Waals surface area contributed by atoms with Crippen LogP contribution in [0.25, 0.3) is 22.6 Å². The van der Waals surface area contributed by atoms with Gasteiger partial charge in [-0.15, -0.1) is 0 Å². The van der Waals surface area contributed by atoms with Gasteiger partial charge in [-0.3, -0.25) is 15.0 Å². The molecular weight excluding hydrogens is 294 g/mol. The number of hydrogen-bond acceptors (Lipinski definition) is 7. The maximum Gasteiger partial charge on any atom is 0.359 e. The van der Waals surface area contributed by atoms with Gasteiger partial charge in [0.05, 0.1) is 25.2 Å². The van der Waals surface area contributed by atoms with E-state index in [1.807, 2.05) is 13.0 Å². The highest BCUT2D eigenvalue weighted by molar-refractivity contribution is 5.94. The van der Waals surface area contributed by atoms with Crippen molar-refractivity contribution >= 4 is 5.97 Å². The Balaban J connectivity index is 2.15. The first-order valence-electron chi connectivity index (χ1n) is 6.83. The molecule has 0 fully saturated rings. The highest BCUT2D eigenvalue weighted by Gasteiger charge is 2.19. The summed E-state index contributed by atoms with van der Waals surface area (Å²) in [6.07, 6.45) is 9.57. The molecule has 0 atom stereocenters. The summed E-state index contributed by atoms with van der Waals surface area (Å²) in [5.41, 5.74) is 3.17. The molecule has 7 nitrogen and oxygen atoms in total. The Morgan fingerprint density at radius 3 is 2.57 bits per heavy atom. The van der Waals surface area contributed by atoms with E-state index in [2.05, 4.69) is 24.9 Å². The van der Waals surface area contributed by atoms with Crippen LogP contribution in [0.1, 0.15) is 16.1 Å². The van der Waals surface area contributed by atoms with Crippen LogP contribution in [0.15, 0.2) is 43.2 Å². The first kappa shape index (κ1) is 14.7. The van der Waals surface area contributed by atoms with Gasteiger partial charge >= 0.3 is 5.97 Å². The van der Waals surface area contributed by atoms with Crippen LogP contribution in [-0.2, 0) is 4.74 Å². The quantitative estimate of drug-likeness (QED) is 0.684. The number of esters is 1. The van der Waals surface area contributed by atoms with E-state index in [9.17, 15) is 4.79 Å². The lowest BCUT2D eigenvalue weighted by Gasteiger charge is -2.08. The van der Waals surface area contributed by atoms with Crippen LogP contribution in [0.2, 0.25) is 0 Å². The molecular formula is C16H13N5O2. The van der Waals surface area contributed by atoms with Crippen molar-refractivity contribution in [2.75, 3.05) is 7.11 Å². The predicted octanol–water partition coefficient (Wildman–Crippen LogP) is 2.09. The number of rotatable bonds is 3. The summed E-state index contributed by atoms with van der Waals surface area (Å²) in [7, 11) is 1.30. The minimum Gasteiger partial charge on any atom is -0.464 e. The van der Waals surface area contributed by atoms with Crippen molar-refractivity contribution in [3.8, 4) is 22.6 Å². The number of aryl methyl sites for hydroxylation is 1. The van der Waals surface area contributed by atoms with Gasteiger partial charge in [0.25, 0.3) is 0 Å². The predicted molar refractivity (Wildman–Crippen MR) is 82.4 cm³/mol. The van der Waals surface area contributed by atoms with Crippen molar-refractivity contribution in [2.45, 2.75) is 6.92 Å². The summed E-state index contributed by atoms with van der Waals surface area (Å²) >= 11 is 0. The lowest BCUT2D eigenvalue weighted by Crippen LogP contribution is -2.09. The maximum absolute atomic E-state index is 12.1. The summed E-state index contributed by atoms with van der Waals surface area (Å²) in [5.74, 6) is -0.583. The standard InChI is InChI=1S/C16H13N5O2/c1-10-5-11(7-18-6-10)12-9-20-14(13-8-17-3-4-19-13)15(21-12)16(22)23-2/h3-9H,1-2H3. The minimum atomic E-state index is -0.583. The van der Waals surface area contributed by atoms with Crippen LogP contribution in [-0.4, -0.2) is 38.0 Å². The van der Waals surface area contributed by atoms with Crippen molar-refractivity contribution < 1.29 is 9.53 Å². The smallest absolute Gasteiger partial charge is 0.359 e. The molecule has 3 heterocycles. The molecule has 3 aromatic heterocycles. The molecule has 0 saturated heterocycles. The fourth-order valence-electron chi connectivity index (χ4n) is 2.07. The number of hydrogen-bond donors (Lipinski definition) is 0. The van der Waals surface area contributed by atoms with Gasteiger partial charge in [0.1, 0.15) is 11.4 Å². The molecule has 0 radical (unpaired) electrons. The van der Waals surface area contributed by atoms with Gasteiger partial charge in [-0.2, -0.15) is 0 Å². The molecule has 0 aliphatic rings. The molecule has 0 aliphatic heterocycles. The van der Waals surface area contributed by atoms with Crippen LogP contribution in [0.3, 0.4) is 0 Å². The fourth-order valence-corrected chi connectivity index (χ4v) is 2.07. The Morgan fingerprint density at radius 2 is 1.87 bits per heavy atom. The summed E-state index contributed by atoms with van der Waals surface area (Å²) in [5, 5.41) is 0. The number of nitrogens with zero attached hydrogens (tertiary/aromatic N) is 5. The molecule has 0 bridgehead atoms. The molecule has 0 N–H and O–H groups in total. The van der Waals surface area contributed by atoms with E-state index >= 15 is 0 Å². The molecule has 0 aliphatic carbocycles. The second-order valence-electron chi connectivity index (χ2n) is 4.79. The fraction of sp³-hybridized carbons (Fsp3) is 0.125. The normalized spacial score (nSPS) is 10.3. The van der Waals surface area contributed by atoms with E-state index in [4.69, 9.17) is 4.74 Å². The van der Waals surface area contributed by atoms with Crippen LogP contribution >= 0.6 is 0 Å². The van der Waals surface area contributed by atoms with Gasteiger partial charge < -0.3 is 4.74 Å². The number of aromatic nitrogens is 5. The monoisotopic (exact) mass is 307 g/mol. The summed E-state index contributed by atoms with van der Waals surface area (Å²) in [4.78, 5) is 33.1. The second-order valence-corrected chi connectivity index (χ2v) is 4.79. The Labute approximate surface area is 132 Å². The van der Waals surface area contributed by atoms with Crippen molar-refractivity contribution in [2.24, 2.45) is 0 Å². The highest BCUT2D eigenvalue weighted by atomic mass is 16.5. The van der Waals surface area contributed by atoms with Crippen LogP contribution in [0.5, 0.6) is 0 Å². The van der Waals surface area contributed by atoms with E-state index in [0.717, 1.165) is 11.1 Å². The van der Waals surface area contributed by atoms with E-state index < -0.39 is 5.97 Å². The Morgan fingerprint density at radius 1 is 1.00 bits per heavy atom. The van der Waals surface area contributed by atoms with E-state index in [-0.39, 0.29) is 5.69 Å². The average molecular weight is 307 g/mol. The Bertz CT molecular complexity index is 852. The van der Waals surface area contributed by atoms with Crippen molar-refractivity contribution in [3.05, 3.63) is 54.5 Å². The van der Waals surface area contributed by atoms with Gasteiger partial charge in [0.2, 0.25) is 0 Å². The number of ether oxygens (including phenoxy) is 1. The third-order valence-corrected chi connectivity index (χ3v) is 3.13. The zero-order chi connectivity index (χ0) is 16.2. The van der Waals surface area contributed by atoms with Gasteiger partial charge in [0, 0.05) is 30.4 Å². The molecule has 23 heavy (non-hydrogen) atoms. The lowest BCUT2D eigenvalue weighted by molar-refractivity contribution is 0.0594. The lowest BCUT2D eigenvalue weighted by atomic mass is 10.1. The SMILES string of the molecule is COC(=O)c1nc(-c2cncc(C)c2)cnc1-c1cnccn1. The molecule has 0 amide bonds. The van der Waals surface area contributed by atoms with Gasteiger partial charge in [-0.25, -0.2) is 14.8 Å². The summed E-state index contributed by atoms with van der Waals surface area (Å²) < 4.78 is 4.81. The average Bonchev–Trinajstić information content (AvgIpc) is 2.61. The first-order valence-corrected chi connectivity index (χ1v) is 6.83. The van der Waals surface area contributed by atoms with Gasteiger partial charge in [0.15, 0.2) is 5.69 Å². The largest absolute Gasteiger partial charge is 0.464 e. The Kier molecular flexibility index (Phi) is 4.01. The molecule has 0 unspecified atom stereocenters. The second kappa shape index (κ2) is 6.27. The molecule has 114 valence electrons. The molecule has 7 heteroatoms. The molecule has 3 rings (SSSR count).